The highest BCUT2D eigenvalue weighted by atomic mass is 16.7. The number of morpholine rings is 1. The summed E-state index contributed by atoms with van der Waals surface area (Å²) < 4.78 is 11.4. The number of hydrogen-bond acceptors (Lipinski definition) is 6. The van der Waals surface area contributed by atoms with Crippen LogP contribution in [-0.2, 0) is 36.9 Å². The van der Waals surface area contributed by atoms with E-state index in [1.54, 1.807) is 5.06 Å². The van der Waals surface area contributed by atoms with E-state index in [1.807, 2.05) is 91.1 Å². The molecule has 0 unspecified atom stereocenters. The van der Waals surface area contributed by atoms with Crippen molar-refractivity contribution in [1.82, 2.24) is 10.0 Å². The lowest BCUT2D eigenvalue weighted by Gasteiger charge is -2.35. The van der Waals surface area contributed by atoms with E-state index in [4.69, 9.17) is 14.3 Å². The van der Waals surface area contributed by atoms with Gasteiger partial charge in [-0.25, -0.2) is 4.79 Å². The predicted octanol–water partition coefficient (Wildman–Crippen LogP) is 4.50. The van der Waals surface area contributed by atoms with E-state index < -0.39 is 17.6 Å². The van der Waals surface area contributed by atoms with Crippen LogP contribution in [0.25, 0.3) is 10.9 Å². The zero-order valence-electron chi connectivity index (χ0n) is 19.6. The van der Waals surface area contributed by atoms with E-state index in [0.29, 0.717) is 0 Å². The summed E-state index contributed by atoms with van der Waals surface area (Å²) in [6, 6.07) is 26.1. The number of carbonyl (C=O) groups is 2. The number of aromatic amines is 1. The molecular weight excluding hydrogens is 456 g/mol. The van der Waals surface area contributed by atoms with Crippen molar-refractivity contribution in [3.63, 3.8) is 0 Å². The third kappa shape index (κ3) is 4.06. The first-order chi connectivity index (χ1) is 17.6. The zero-order valence-corrected chi connectivity index (χ0v) is 19.6. The van der Waals surface area contributed by atoms with Gasteiger partial charge in [-0.05, 0) is 22.8 Å². The molecule has 3 atom stereocenters. The number of rotatable bonds is 6. The van der Waals surface area contributed by atoms with Crippen LogP contribution >= 0.6 is 0 Å². The van der Waals surface area contributed by atoms with E-state index in [1.165, 1.54) is 0 Å². The zero-order chi connectivity index (χ0) is 24.5. The number of aromatic nitrogens is 1. The quantitative estimate of drug-likeness (QED) is 0.408. The van der Waals surface area contributed by atoms with E-state index >= 15 is 0 Å². The molecule has 0 saturated carbocycles. The van der Waals surface area contributed by atoms with Gasteiger partial charge in [0.2, 0.25) is 0 Å². The third-order valence-corrected chi connectivity index (χ3v) is 6.99. The number of nitrogens with zero attached hydrogens (tertiary/aromatic N) is 1. The van der Waals surface area contributed by atoms with Crippen molar-refractivity contribution >= 4 is 22.8 Å². The van der Waals surface area contributed by atoms with E-state index in [2.05, 4.69) is 4.98 Å². The number of esters is 2. The van der Waals surface area contributed by atoms with Crippen LogP contribution in [0.5, 0.6) is 0 Å². The Hall–Kier alpha value is -3.94. The molecular formula is C29H26N2O5. The van der Waals surface area contributed by atoms with Crippen LogP contribution in [0.15, 0.2) is 91.1 Å². The highest BCUT2D eigenvalue weighted by molar-refractivity contribution is 5.87. The van der Waals surface area contributed by atoms with Crippen molar-refractivity contribution in [2.75, 3.05) is 6.61 Å². The van der Waals surface area contributed by atoms with Gasteiger partial charge < -0.3 is 14.5 Å². The molecule has 0 bridgehead atoms. The SMILES string of the molecule is O=C1OC[C@H](c2ccccc2)N2O[C@@](Cc3c[nH]c4ccccc34)(C(=O)OCc3ccccc3)C[C@@H]12. The lowest BCUT2D eigenvalue weighted by atomic mass is 9.88. The number of hydroxylamine groups is 2. The third-order valence-electron chi connectivity index (χ3n) is 6.99. The standard InChI is InChI=1S/C29H26N2O5/c32-27-25-16-29(28(33)35-18-20-9-3-1-4-10-20,15-22-17-30-24-14-8-7-13-23(22)24)36-31(25)26(19-34-27)21-11-5-2-6-12-21/h1-14,17,25-26,30H,15-16,18-19H2/t25-,26+,29+/m0/s1. The monoisotopic (exact) mass is 482 g/mol. The molecule has 7 heteroatoms. The van der Waals surface area contributed by atoms with Crippen molar-refractivity contribution in [3.05, 3.63) is 108 Å². The van der Waals surface area contributed by atoms with Gasteiger partial charge in [-0.2, -0.15) is 5.06 Å². The summed E-state index contributed by atoms with van der Waals surface area (Å²) in [7, 11) is 0. The van der Waals surface area contributed by atoms with Crippen LogP contribution in [-0.4, -0.2) is 40.2 Å². The molecule has 4 aromatic rings. The Morgan fingerprint density at radius 3 is 2.50 bits per heavy atom. The lowest BCUT2D eigenvalue weighted by molar-refractivity contribution is -0.254. The first kappa shape index (κ1) is 22.5. The van der Waals surface area contributed by atoms with Gasteiger partial charge in [0.25, 0.3) is 0 Å². The Kier molecular flexibility index (Phi) is 5.79. The summed E-state index contributed by atoms with van der Waals surface area (Å²) in [5.41, 5.74) is 2.35. The van der Waals surface area contributed by atoms with Crippen LogP contribution in [0, 0.1) is 0 Å². The number of cyclic esters (lactones) is 1. The Morgan fingerprint density at radius 2 is 1.69 bits per heavy atom. The Bertz CT molecular complexity index is 1390. The molecule has 0 amide bonds. The average Bonchev–Trinajstić information content (AvgIpc) is 3.52. The maximum Gasteiger partial charge on any atom is 0.341 e. The van der Waals surface area contributed by atoms with Gasteiger partial charge in [-0.15, -0.1) is 0 Å². The van der Waals surface area contributed by atoms with E-state index in [-0.39, 0.29) is 38.1 Å². The smallest absolute Gasteiger partial charge is 0.341 e. The Labute approximate surface area is 208 Å². The summed E-state index contributed by atoms with van der Waals surface area (Å²) in [5.74, 6) is -0.885. The van der Waals surface area contributed by atoms with Gasteiger partial charge in [-0.3, -0.25) is 9.63 Å². The molecule has 0 aliphatic carbocycles. The molecule has 1 N–H and O–H groups in total. The highest BCUT2D eigenvalue weighted by Gasteiger charge is 2.58. The minimum atomic E-state index is -1.37. The van der Waals surface area contributed by atoms with Gasteiger partial charge in [0.15, 0.2) is 5.60 Å². The summed E-state index contributed by atoms with van der Waals surface area (Å²) in [6.07, 6.45) is 2.29. The number of para-hydroxylation sites is 1. The minimum absolute atomic E-state index is 0.121. The van der Waals surface area contributed by atoms with Crippen molar-refractivity contribution in [2.24, 2.45) is 0 Å². The maximum absolute atomic E-state index is 13.8. The molecule has 0 spiro atoms. The molecule has 0 radical (unpaired) electrons. The first-order valence-electron chi connectivity index (χ1n) is 12.1. The van der Waals surface area contributed by atoms with Crippen LogP contribution in [0.4, 0.5) is 0 Å². The molecule has 3 heterocycles. The largest absolute Gasteiger partial charge is 0.462 e. The fourth-order valence-electron chi connectivity index (χ4n) is 5.16. The second-order valence-corrected chi connectivity index (χ2v) is 9.32. The van der Waals surface area contributed by atoms with Crippen LogP contribution < -0.4 is 0 Å². The first-order valence-corrected chi connectivity index (χ1v) is 12.1. The summed E-state index contributed by atoms with van der Waals surface area (Å²) in [6.45, 7) is 0.275. The molecule has 1 aromatic heterocycles. The summed E-state index contributed by atoms with van der Waals surface area (Å²) >= 11 is 0. The molecule has 182 valence electrons. The minimum Gasteiger partial charge on any atom is -0.462 e. The Balaban J connectivity index is 1.35. The van der Waals surface area contributed by atoms with Crippen molar-refractivity contribution < 1.29 is 23.9 Å². The predicted molar refractivity (Wildman–Crippen MR) is 132 cm³/mol. The number of fused-ring (bicyclic) bond motifs is 2. The van der Waals surface area contributed by atoms with Gasteiger partial charge in [0, 0.05) is 29.9 Å². The molecule has 7 nitrogen and oxygen atoms in total. The summed E-state index contributed by atoms with van der Waals surface area (Å²) in [5, 5.41) is 2.66. The van der Waals surface area contributed by atoms with Crippen LogP contribution in [0.2, 0.25) is 0 Å². The van der Waals surface area contributed by atoms with E-state index in [9.17, 15) is 9.59 Å². The Morgan fingerprint density at radius 1 is 0.972 bits per heavy atom. The maximum atomic E-state index is 13.8. The van der Waals surface area contributed by atoms with Gasteiger partial charge in [-0.1, -0.05) is 78.9 Å². The fraction of sp³-hybridized carbons (Fsp3) is 0.241. The lowest BCUT2D eigenvalue weighted by Crippen LogP contribution is -2.46. The van der Waals surface area contributed by atoms with E-state index in [0.717, 1.165) is 27.6 Å². The summed E-state index contributed by atoms with van der Waals surface area (Å²) in [4.78, 5) is 36.4. The number of hydrogen-bond donors (Lipinski definition) is 1. The molecule has 2 aliphatic rings. The second kappa shape index (κ2) is 9.26. The number of H-pyrrole nitrogens is 1. The number of ether oxygens (including phenoxy) is 2. The number of carbonyl (C=O) groups excluding carboxylic acids is 2. The van der Waals surface area contributed by atoms with Crippen LogP contribution in [0.1, 0.15) is 29.2 Å². The van der Waals surface area contributed by atoms with Crippen LogP contribution in [0.3, 0.4) is 0 Å². The van der Waals surface area contributed by atoms with Crippen molar-refractivity contribution in [2.45, 2.75) is 37.1 Å². The molecule has 36 heavy (non-hydrogen) atoms. The topological polar surface area (TPSA) is 80.9 Å². The number of nitrogens with one attached hydrogen (secondary N) is 1. The average molecular weight is 483 g/mol. The molecule has 3 aromatic carbocycles. The fourth-order valence-corrected chi connectivity index (χ4v) is 5.16. The molecule has 2 fully saturated rings. The molecule has 2 saturated heterocycles. The van der Waals surface area contributed by atoms with Crippen molar-refractivity contribution in [1.29, 1.82) is 0 Å². The normalized spacial score (nSPS) is 23.8. The van der Waals surface area contributed by atoms with Gasteiger partial charge >= 0.3 is 11.9 Å². The molecule has 6 rings (SSSR count). The van der Waals surface area contributed by atoms with Gasteiger partial charge in [0.05, 0.1) is 6.04 Å². The van der Waals surface area contributed by atoms with Gasteiger partial charge in [0.1, 0.15) is 19.3 Å². The van der Waals surface area contributed by atoms with Crippen molar-refractivity contribution in [3.8, 4) is 0 Å². The highest BCUT2D eigenvalue weighted by Crippen LogP contribution is 2.43. The second-order valence-electron chi connectivity index (χ2n) is 9.32. The number of benzene rings is 3. The molecule has 2 aliphatic heterocycles.